The Morgan fingerprint density at radius 3 is 2.10 bits per heavy atom. The van der Waals surface area contributed by atoms with Crippen molar-refractivity contribution in [3.05, 3.63) is 48.3 Å². The van der Waals surface area contributed by atoms with Crippen molar-refractivity contribution >= 4 is 23.2 Å². The smallest absolute Gasteiger partial charge is 0.305 e. The molecule has 1 heterocycles. The maximum absolute atomic E-state index is 10.7. The van der Waals surface area contributed by atoms with E-state index in [-0.39, 0.29) is 28.5 Å². The van der Waals surface area contributed by atoms with Crippen LogP contribution in [0.2, 0.25) is 0 Å². The number of nitrogens with two attached hydrogens (primary N) is 1. The number of hydrogen-bond acceptors (Lipinski definition) is 7. The van der Waals surface area contributed by atoms with Crippen LogP contribution in [-0.4, -0.2) is 39.4 Å². The molecular formula is C21H30N2O5S. The van der Waals surface area contributed by atoms with Crippen molar-refractivity contribution < 1.29 is 24.5 Å². The van der Waals surface area contributed by atoms with Gasteiger partial charge >= 0.3 is 5.97 Å². The first-order valence-electron chi connectivity index (χ1n) is 9.25. The second-order valence-electron chi connectivity index (χ2n) is 5.69. The van der Waals surface area contributed by atoms with Crippen LogP contribution in [0.1, 0.15) is 45.7 Å². The van der Waals surface area contributed by atoms with E-state index in [2.05, 4.69) is 17.2 Å². The molecule has 4 N–H and O–H groups in total. The van der Waals surface area contributed by atoms with Gasteiger partial charge < -0.3 is 25.4 Å². The highest BCUT2D eigenvalue weighted by molar-refractivity contribution is 7.80. The Morgan fingerprint density at radius 1 is 1.14 bits per heavy atom. The minimum atomic E-state index is -0.118. The monoisotopic (exact) mass is 422 g/mol. The molecule has 0 aliphatic carbocycles. The Balaban J connectivity index is 0.000000419. The van der Waals surface area contributed by atoms with Crippen LogP contribution in [0.4, 0.5) is 0 Å². The Labute approximate surface area is 177 Å². The van der Waals surface area contributed by atoms with Crippen LogP contribution in [0, 0.1) is 0 Å². The number of aromatic hydroxyl groups is 2. The van der Waals surface area contributed by atoms with Crippen LogP contribution in [0.25, 0.3) is 0 Å². The molecular weight excluding hydrogens is 392 g/mol. The number of nitrogens with zero attached hydrogens (tertiary/aromatic N) is 1. The molecule has 7 nitrogen and oxygen atoms in total. The van der Waals surface area contributed by atoms with Gasteiger partial charge in [-0.2, -0.15) is 0 Å². The number of hydrogen-bond donors (Lipinski definition) is 3. The van der Waals surface area contributed by atoms with Gasteiger partial charge in [-0.3, -0.25) is 4.79 Å². The lowest BCUT2D eigenvalue weighted by Crippen LogP contribution is -2.15. The number of esters is 1. The number of aromatic nitrogens is 1. The maximum atomic E-state index is 10.7. The number of para-hydroxylation sites is 1. The van der Waals surface area contributed by atoms with Crippen LogP contribution >= 0.6 is 12.2 Å². The minimum Gasteiger partial charge on any atom is -0.508 e. The number of methoxy groups -OCH3 is 1. The zero-order valence-corrected chi connectivity index (χ0v) is 18.1. The second-order valence-corrected chi connectivity index (χ2v) is 6.13. The van der Waals surface area contributed by atoms with Crippen molar-refractivity contribution in [3.63, 3.8) is 0 Å². The molecule has 0 atom stereocenters. The van der Waals surface area contributed by atoms with Gasteiger partial charge in [-0.25, -0.2) is 4.98 Å². The first kappa shape index (κ1) is 26.1. The number of phenols is 1. The lowest BCUT2D eigenvalue weighted by molar-refractivity contribution is -0.148. The van der Waals surface area contributed by atoms with Crippen molar-refractivity contribution in [2.24, 2.45) is 5.73 Å². The summed E-state index contributed by atoms with van der Waals surface area (Å²) in [5, 5.41) is 18.0. The summed E-state index contributed by atoms with van der Waals surface area (Å²) in [5.74, 6) is 0.427. The highest BCUT2D eigenvalue weighted by Gasteiger charge is 2.10. The van der Waals surface area contributed by atoms with E-state index in [4.69, 9.17) is 20.3 Å². The molecule has 1 aromatic carbocycles. The largest absolute Gasteiger partial charge is 0.508 e. The lowest BCUT2D eigenvalue weighted by Gasteiger charge is -2.12. The van der Waals surface area contributed by atoms with Gasteiger partial charge in [0.05, 0.1) is 7.11 Å². The van der Waals surface area contributed by atoms with Crippen LogP contribution in [0.15, 0.2) is 42.6 Å². The predicted molar refractivity (Wildman–Crippen MR) is 117 cm³/mol. The number of carbonyl (C=O) groups excluding carboxylic acids is 1. The van der Waals surface area contributed by atoms with Gasteiger partial charge in [0.15, 0.2) is 11.5 Å². The second kappa shape index (κ2) is 15.1. The molecule has 0 spiro atoms. The normalized spacial score (nSPS) is 9.41. The van der Waals surface area contributed by atoms with Crippen molar-refractivity contribution in [1.82, 2.24) is 4.98 Å². The van der Waals surface area contributed by atoms with Gasteiger partial charge in [0.25, 0.3) is 0 Å². The molecule has 2 rings (SSSR count). The fourth-order valence-corrected chi connectivity index (χ4v) is 2.08. The topological polar surface area (TPSA) is 115 Å². The maximum Gasteiger partial charge on any atom is 0.305 e. The molecule has 0 unspecified atom stereocenters. The highest BCUT2D eigenvalue weighted by Crippen LogP contribution is 2.27. The molecule has 160 valence electrons. The van der Waals surface area contributed by atoms with Crippen molar-refractivity contribution in [3.8, 4) is 17.2 Å². The number of ether oxygens (including phenoxy) is 2. The van der Waals surface area contributed by atoms with Crippen molar-refractivity contribution in [1.29, 1.82) is 0 Å². The third-order valence-corrected chi connectivity index (χ3v) is 3.79. The zero-order valence-electron chi connectivity index (χ0n) is 17.3. The zero-order chi connectivity index (χ0) is 22.2. The molecule has 0 radical (unpaired) electrons. The van der Waals surface area contributed by atoms with E-state index in [1.54, 1.807) is 24.3 Å². The molecule has 0 saturated heterocycles. The van der Waals surface area contributed by atoms with E-state index in [1.807, 2.05) is 26.8 Å². The molecule has 0 amide bonds. The van der Waals surface area contributed by atoms with E-state index >= 15 is 0 Å². The molecule has 8 heteroatoms. The van der Waals surface area contributed by atoms with E-state index in [0.717, 1.165) is 12.8 Å². The quantitative estimate of drug-likeness (QED) is 0.473. The van der Waals surface area contributed by atoms with Crippen LogP contribution in [0.3, 0.4) is 0 Å². The number of pyridine rings is 1. The minimum absolute atomic E-state index is 0.0476. The molecule has 0 fully saturated rings. The summed E-state index contributed by atoms with van der Waals surface area (Å²) < 4.78 is 9.89. The van der Waals surface area contributed by atoms with Crippen molar-refractivity contribution in [2.45, 2.75) is 46.1 Å². The Hall–Kier alpha value is -2.87. The number of thiocarbonyl (C=S) groups is 1. The van der Waals surface area contributed by atoms with E-state index in [1.165, 1.54) is 19.4 Å². The summed E-state index contributed by atoms with van der Waals surface area (Å²) in [6.07, 6.45) is 3.92. The molecule has 0 bridgehead atoms. The highest BCUT2D eigenvalue weighted by atomic mass is 32.1. The molecule has 29 heavy (non-hydrogen) atoms. The number of rotatable bonds is 6. The Kier molecular flexibility index (Phi) is 13.6. The SMILES string of the molecule is CCC(=O)OC(CC)CC.COc1ccnc(C(N)=S)c1O.Oc1ccccc1. The number of benzene rings is 1. The third kappa shape index (κ3) is 10.9. The molecule has 2 aromatic rings. The van der Waals surface area contributed by atoms with Gasteiger partial charge in [0.2, 0.25) is 0 Å². The molecule has 1 aromatic heterocycles. The van der Waals surface area contributed by atoms with Gasteiger partial charge in [0.1, 0.15) is 22.5 Å². The fourth-order valence-electron chi connectivity index (χ4n) is 1.93. The Morgan fingerprint density at radius 2 is 1.72 bits per heavy atom. The fraction of sp³-hybridized carbons (Fsp3) is 0.381. The predicted octanol–water partition coefficient (Wildman–Crippen LogP) is 3.95. The first-order valence-corrected chi connectivity index (χ1v) is 9.66. The summed E-state index contributed by atoms with van der Waals surface area (Å²) in [6.45, 7) is 5.86. The van der Waals surface area contributed by atoms with Crippen LogP contribution in [-0.2, 0) is 9.53 Å². The van der Waals surface area contributed by atoms with Gasteiger partial charge in [0, 0.05) is 18.7 Å². The van der Waals surface area contributed by atoms with Gasteiger partial charge in [-0.1, -0.05) is 51.2 Å². The van der Waals surface area contributed by atoms with E-state index < -0.39 is 0 Å². The number of phenolic OH excluding ortho intramolecular Hbond substituents is 1. The van der Waals surface area contributed by atoms with Crippen molar-refractivity contribution in [2.75, 3.05) is 7.11 Å². The molecule has 0 aliphatic rings. The number of carbonyl (C=O) groups is 1. The molecule has 0 aliphatic heterocycles. The Bertz CT molecular complexity index is 737. The van der Waals surface area contributed by atoms with Crippen LogP contribution in [0.5, 0.6) is 17.2 Å². The summed E-state index contributed by atoms with van der Waals surface area (Å²) >= 11 is 4.66. The average Bonchev–Trinajstić information content (AvgIpc) is 2.73. The summed E-state index contributed by atoms with van der Waals surface area (Å²) in [5.41, 5.74) is 5.48. The summed E-state index contributed by atoms with van der Waals surface area (Å²) in [4.78, 5) is 14.6. The third-order valence-electron chi connectivity index (χ3n) is 3.59. The lowest BCUT2D eigenvalue weighted by atomic mass is 10.2. The van der Waals surface area contributed by atoms with E-state index in [9.17, 15) is 9.90 Å². The summed E-state index contributed by atoms with van der Waals surface area (Å²) in [6, 6.07) is 10.2. The first-order chi connectivity index (χ1) is 13.8. The average molecular weight is 423 g/mol. The molecule has 0 saturated carbocycles. The standard InChI is InChI=1S/C8H16O2.C7H8N2O2S.C6H6O/c1-4-7(5-2)10-8(9)6-3;1-11-4-2-3-9-5(6(4)10)7(8)12;7-6-4-2-1-3-5-6/h7H,4-6H2,1-3H3;2-3,10H,1H3,(H2,8,12);1-5,7H. The summed E-state index contributed by atoms with van der Waals surface area (Å²) in [7, 11) is 1.44. The van der Waals surface area contributed by atoms with E-state index in [0.29, 0.717) is 17.9 Å². The van der Waals surface area contributed by atoms with Crippen LogP contribution < -0.4 is 10.5 Å². The van der Waals surface area contributed by atoms with Gasteiger partial charge in [-0.05, 0) is 25.0 Å². The van der Waals surface area contributed by atoms with Gasteiger partial charge in [-0.15, -0.1) is 0 Å².